The van der Waals surface area contributed by atoms with Crippen LogP contribution in [0, 0.1) is 0 Å². The lowest BCUT2D eigenvalue weighted by Crippen LogP contribution is -2.52. The maximum atomic E-state index is 12.5. The first kappa shape index (κ1) is 24.1. The number of nitrogens with one attached hydrogen (secondary N) is 1. The summed E-state index contributed by atoms with van der Waals surface area (Å²) in [6, 6.07) is 5.55. The Morgan fingerprint density at radius 2 is 1.74 bits per heavy atom. The number of amides is 1. The zero-order valence-corrected chi connectivity index (χ0v) is 20.3. The SMILES string of the molecule is CC(C)(C)OC(=O)NC1(CCN2CCc3ccc(S(C)(=O)=O)cc3CC2)CCCCC1. The predicted molar refractivity (Wildman–Crippen MR) is 123 cm³/mol. The first-order valence-electron chi connectivity index (χ1n) is 11.5. The number of benzene rings is 1. The zero-order chi connectivity index (χ0) is 22.7. The molecule has 2 aliphatic rings. The average Bonchev–Trinajstić information content (AvgIpc) is 2.87. The van der Waals surface area contributed by atoms with Gasteiger partial charge in [0.25, 0.3) is 0 Å². The highest BCUT2D eigenvalue weighted by molar-refractivity contribution is 7.90. The van der Waals surface area contributed by atoms with Gasteiger partial charge in [0.05, 0.1) is 4.90 Å². The Morgan fingerprint density at radius 1 is 1.10 bits per heavy atom. The van der Waals surface area contributed by atoms with Gasteiger partial charge in [0.2, 0.25) is 0 Å². The van der Waals surface area contributed by atoms with E-state index in [0.29, 0.717) is 4.90 Å². The average molecular weight is 451 g/mol. The van der Waals surface area contributed by atoms with Crippen molar-refractivity contribution in [2.45, 2.75) is 88.2 Å². The van der Waals surface area contributed by atoms with Gasteiger partial charge >= 0.3 is 6.09 Å². The van der Waals surface area contributed by atoms with E-state index >= 15 is 0 Å². The van der Waals surface area contributed by atoms with Crippen LogP contribution in [-0.4, -0.2) is 56.4 Å². The Balaban J connectivity index is 1.62. The number of ether oxygens (including phenoxy) is 1. The summed E-state index contributed by atoms with van der Waals surface area (Å²) in [4.78, 5) is 15.4. The predicted octanol–water partition coefficient (Wildman–Crippen LogP) is 4.11. The third-order valence-electron chi connectivity index (χ3n) is 6.48. The van der Waals surface area contributed by atoms with Gasteiger partial charge in [-0.3, -0.25) is 0 Å². The van der Waals surface area contributed by atoms with Crippen molar-refractivity contribution < 1.29 is 17.9 Å². The van der Waals surface area contributed by atoms with E-state index in [0.717, 1.165) is 70.1 Å². The summed E-state index contributed by atoms with van der Waals surface area (Å²) in [5.41, 5.74) is 1.70. The number of carbonyl (C=O) groups excluding carboxylic acids is 1. The maximum Gasteiger partial charge on any atom is 0.408 e. The summed E-state index contributed by atoms with van der Waals surface area (Å²) in [6.45, 7) is 8.46. The maximum absolute atomic E-state index is 12.5. The van der Waals surface area contributed by atoms with Crippen molar-refractivity contribution in [3.05, 3.63) is 29.3 Å². The van der Waals surface area contributed by atoms with Gasteiger partial charge in [-0.1, -0.05) is 25.3 Å². The molecule has 0 atom stereocenters. The Hall–Kier alpha value is -1.60. The highest BCUT2D eigenvalue weighted by atomic mass is 32.2. The fourth-order valence-corrected chi connectivity index (χ4v) is 5.43. The number of nitrogens with zero attached hydrogens (tertiary/aromatic N) is 1. The molecule has 1 N–H and O–H groups in total. The summed E-state index contributed by atoms with van der Waals surface area (Å²) in [5, 5.41) is 3.23. The van der Waals surface area contributed by atoms with Crippen LogP contribution in [0.5, 0.6) is 0 Å². The summed E-state index contributed by atoms with van der Waals surface area (Å²) in [7, 11) is -3.18. The zero-order valence-electron chi connectivity index (χ0n) is 19.5. The molecule has 3 rings (SSSR count). The van der Waals surface area contributed by atoms with E-state index in [-0.39, 0.29) is 11.6 Å². The summed E-state index contributed by atoms with van der Waals surface area (Å²) < 4.78 is 29.3. The topological polar surface area (TPSA) is 75.7 Å². The molecule has 7 heteroatoms. The monoisotopic (exact) mass is 450 g/mol. The first-order chi connectivity index (χ1) is 14.5. The second-order valence-electron chi connectivity index (χ2n) is 10.3. The van der Waals surface area contributed by atoms with E-state index in [1.807, 2.05) is 32.9 Å². The molecule has 6 nitrogen and oxygen atoms in total. The summed E-state index contributed by atoms with van der Waals surface area (Å²) in [6.07, 6.45) is 9.12. The third-order valence-corrected chi connectivity index (χ3v) is 7.59. The Labute approximate surface area is 187 Å². The standard InChI is InChI=1S/C24H38N2O4S/c1-23(2,3)30-22(27)25-24(12-6-5-7-13-24)14-17-26-15-10-19-8-9-21(31(4,28)29)18-20(19)11-16-26/h8-9,18H,5-7,10-17H2,1-4H3,(H,25,27). The Bertz CT molecular complexity index is 883. The van der Waals surface area contributed by atoms with Crippen molar-refractivity contribution in [3.8, 4) is 0 Å². The van der Waals surface area contributed by atoms with E-state index in [9.17, 15) is 13.2 Å². The Morgan fingerprint density at radius 3 is 2.35 bits per heavy atom. The minimum absolute atomic E-state index is 0.191. The van der Waals surface area contributed by atoms with E-state index in [4.69, 9.17) is 4.74 Å². The van der Waals surface area contributed by atoms with Gasteiger partial charge in [-0.2, -0.15) is 0 Å². The van der Waals surface area contributed by atoms with Crippen molar-refractivity contribution in [2.24, 2.45) is 0 Å². The molecule has 1 aliphatic heterocycles. The van der Waals surface area contributed by atoms with Crippen molar-refractivity contribution in [1.82, 2.24) is 10.2 Å². The minimum Gasteiger partial charge on any atom is -0.444 e. The number of fused-ring (bicyclic) bond motifs is 1. The second-order valence-corrected chi connectivity index (χ2v) is 12.3. The van der Waals surface area contributed by atoms with Gasteiger partial charge in [-0.05, 0) is 76.1 Å². The van der Waals surface area contributed by atoms with Crippen LogP contribution >= 0.6 is 0 Å². The van der Waals surface area contributed by atoms with Crippen molar-refractivity contribution in [1.29, 1.82) is 0 Å². The smallest absolute Gasteiger partial charge is 0.408 e. The van der Waals surface area contributed by atoms with Gasteiger partial charge < -0.3 is 15.0 Å². The molecule has 0 bridgehead atoms. The lowest BCUT2D eigenvalue weighted by atomic mass is 9.79. The van der Waals surface area contributed by atoms with E-state index < -0.39 is 15.4 Å². The summed E-state index contributed by atoms with van der Waals surface area (Å²) in [5.74, 6) is 0. The van der Waals surface area contributed by atoms with Crippen LogP contribution < -0.4 is 5.32 Å². The fourth-order valence-electron chi connectivity index (χ4n) is 4.76. The lowest BCUT2D eigenvalue weighted by Gasteiger charge is -2.40. The molecule has 0 spiro atoms. The molecule has 31 heavy (non-hydrogen) atoms. The van der Waals surface area contributed by atoms with Crippen molar-refractivity contribution in [3.63, 3.8) is 0 Å². The molecule has 1 saturated carbocycles. The number of carbonyl (C=O) groups is 1. The molecule has 0 radical (unpaired) electrons. The molecular formula is C24H38N2O4S. The molecule has 174 valence electrons. The van der Waals surface area contributed by atoms with Crippen LogP contribution in [0.3, 0.4) is 0 Å². The molecule has 1 aromatic rings. The van der Waals surface area contributed by atoms with Crippen molar-refractivity contribution >= 4 is 15.9 Å². The fraction of sp³-hybridized carbons (Fsp3) is 0.708. The second kappa shape index (κ2) is 9.49. The van der Waals surface area contributed by atoms with E-state index in [1.54, 1.807) is 6.07 Å². The largest absolute Gasteiger partial charge is 0.444 e. The number of rotatable bonds is 5. The molecule has 1 heterocycles. The van der Waals surface area contributed by atoms with Crippen LogP contribution in [0.1, 0.15) is 70.4 Å². The molecule has 1 amide bonds. The van der Waals surface area contributed by atoms with Gasteiger partial charge in [0.15, 0.2) is 9.84 Å². The van der Waals surface area contributed by atoms with Crippen LogP contribution in [-0.2, 0) is 27.4 Å². The van der Waals surface area contributed by atoms with Crippen molar-refractivity contribution in [2.75, 3.05) is 25.9 Å². The molecule has 1 fully saturated rings. The number of alkyl carbamates (subject to hydrolysis) is 1. The first-order valence-corrected chi connectivity index (χ1v) is 13.4. The quantitative estimate of drug-likeness (QED) is 0.731. The Kier molecular flexibility index (Phi) is 7.36. The number of sulfone groups is 1. The molecule has 0 unspecified atom stereocenters. The third kappa shape index (κ3) is 6.94. The molecule has 1 aromatic carbocycles. The number of hydrogen-bond acceptors (Lipinski definition) is 5. The molecule has 0 aromatic heterocycles. The van der Waals surface area contributed by atoms with Gasteiger partial charge in [0.1, 0.15) is 5.60 Å². The normalized spacial score (nSPS) is 19.9. The van der Waals surface area contributed by atoms with Crippen LogP contribution in [0.25, 0.3) is 0 Å². The van der Waals surface area contributed by atoms with Crippen LogP contribution in [0.2, 0.25) is 0 Å². The minimum atomic E-state index is -3.18. The lowest BCUT2D eigenvalue weighted by molar-refractivity contribution is 0.0404. The van der Waals surface area contributed by atoms with Gasteiger partial charge in [-0.25, -0.2) is 13.2 Å². The molecule has 1 aliphatic carbocycles. The molecular weight excluding hydrogens is 412 g/mol. The van der Waals surface area contributed by atoms with Crippen LogP contribution in [0.4, 0.5) is 4.79 Å². The van der Waals surface area contributed by atoms with E-state index in [1.165, 1.54) is 18.2 Å². The summed E-state index contributed by atoms with van der Waals surface area (Å²) >= 11 is 0. The number of hydrogen-bond donors (Lipinski definition) is 1. The highest BCUT2D eigenvalue weighted by Crippen LogP contribution is 2.32. The van der Waals surface area contributed by atoms with Gasteiger partial charge in [0, 0.05) is 31.4 Å². The van der Waals surface area contributed by atoms with Gasteiger partial charge in [-0.15, -0.1) is 0 Å². The molecule has 0 saturated heterocycles. The van der Waals surface area contributed by atoms with Crippen LogP contribution in [0.15, 0.2) is 23.1 Å². The highest BCUT2D eigenvalue weighted by Gasteiger charge is 2.35. The van der Waals surface area contributed by atoms with E-state index in [2.05, 4.69) is 10.2 Å².